The molecule has 0 aromatic carbocycles. The van der Waals surface area contributed by atoms with E-state index < -0.39 is 0 Å². The summed E-state index contributed by atoms with van der Waals surface area (Å²) in [6.07, 6.45) is 15.4. The molecule has 2 rings (SSSR count). The molecule has 0 nitrogen and oxygen atoms in total. The molecule has 0 radical (unpaired) electrons. The fourth-order valence-corrected chi connectivity index (χ4v) is 1.37. The molecule has 0 spiro atoms. The van der Waals surface area contributed by atoms with Gasteiger partial charge >= 0.3 is 25.8 Å². The maximum absolute atomic E-state index is 2.21. The minimum absolute atomic E-state index is 0. The van der Waals surface area contributed by atoms with Gasteiger partial charge in [0.1, 0.15) is 0 Å². The Morgan fingerprint density at radius 2 is 1.27 bits per heavy atom. The van der Waals surface area contributed by atoms with Crippen LogP contribution in [0.3, 0.4) is 0 Å². The molecule has 0 heterocycles. The zero-order chi connectivity index (χ0) is 6.81. The van der Waals surface area contributed by atoms with Gasteiger partial charge in [-0.3, -0.25) is 0 Å². The van der Waals surface area contributed by atoms with E-state index in [1.807, 2.05) is 0 Å². The standard InChI is InChI=1S/C10H10.In.3H/c1-2-6-9(5-1)10-7-3-4-8-10;;;;/h1-5,7H,6,8H2;;;;. The van der Waals surface area contributed by atoms with Crippen molar-refractivity contribution in [3.05, 3.63) is 47.6 Å². The molecule has 0 fully saturated rings. The zero-order valence-electron chi connectivity index (χ0n) is 5.88. The van der Waals surface area contributed by atoms with E-state index in [1.54, 1.807) is 0 Å². The Morgan fingerprint density at radius 3 is 1.55 bits per heavy atom. The second kappa shape index (κ2) is 4.01. The molecule has 0 atom stereocenters. The Balaban J connectivity index is 0.000000605. The SMILES string of the molecule is C1=CCC(C2=CC=CC2)=C1.[InH3]. The van der Waals surface area contributed by atoms with Crippen LogP contribution in [0.5, 0.6) is 0 Å². The molecule has 56 valence electrons. The first-order chi connectivity index (χ1) is 4.97. The van der Waals surface area contributed by atoms with E-state index in [4.69, 9.17) is 0 Å². The number of allylic oxidation sites excluding steroid dienone is 8. The molecule has 0 aliphatic heterocycles. The van der Waals surface area contributed by atoms with E-state index in [1.165, 1.54) is 11.1 Å². The second-order valence-electron chi connectivity index (χ2n) is 2.65. The Hall–Kier alpha value is -0.170. The maximum atomic E-state index is 2.21. The van der Waals surface area contributed by atoms with Crippen molar-refractivity contribution in [3.63, 3.8) is 0 Å². The van der Waals surface area contributed by atoms with E-state index in [0.717, 1.165) is 12.8 Å². The average molecular weight is 248 g/mol. The van der Waals surface area contributed by atoms with Crippen LogP contribution in [0.4, 0.5) is 0 Å². The van der Waals surface area contributed by atoms with Crippen molar-refractivity contribution < 1.29 is 0 Å². The predicted octanol–water partition coefficient (Wildman–Crippen LogP) is 1.58. The summed E-state index contributed by atoms with van der Waals surface area (Å²) in [5, 5.41) is 0. The van der Waals surface area contributed by atoms with Crippen LogP contribution >= 0.6 is 0 Å². The van der Waals surface area contributed by atoms with Gasteiger partial charge in [0.15, 0.2) is 0 Å². The molecule has 2 aliphatic carbocycles. The van der Waals surface area contributed by atoms with Gasteiger partial charge in [-0.05, 0) is 24.0 Å². The first kappa shape index (κ1) is 8.92. The summed E-state index contributed by atoms with van der Waals surface area (Å²) in [6, 6.07) is 0. The quantitative estimate of drug-likeness (QED) is 0.660. The average Bonchev–Trinajstić information content (AvgIpc) is 2.59. The van der Waals surface area contributed by atoms with Gasteiger partial charge in [0.05, 0.1) is 0 Å². The summed E-state index contributed by atoms with van der Waals surface area (Å²) in [4.78, 5) is 0. The third-order valence-electron chi connectivity index (χ3n) is 1.95. The Labute approximate surface area is 86.2 Å². The zero-order valence-corrected chi connectivity index (χ0v) is 5.88. The molecule has 11 heavy (non-hydrogen) atoms. The molecule has 0 N–H and O–H groups in total. The Kier molecular flexibility index (Phi) is 3.25. The van der Waals surface area contributed by atoms with Crippen LogP contribution in [0.25, 0.3) is 0 Å². The van der Waals surface area contributed by atoms with Crippen LogP contribution in [-0.4, -0.2) is 25.8 Å². The number of hydrogen-bond acceptors (Lipinski definition) is 0. The third kappa shape index (κ3) is 1.90. The van der Waals surface area contributed by atoms with Gasteiger partial charge in [-0.2, -0.15) is 0 Å². The number of rotatable bonds is 1. The molecular formula is C10H13In. The van der Waals surface area contributed by atoms with E-state index in [0.29, 0.717) is 0 Å². The molecular weight excluding hydrogens is 235 g/mol. The fraction of sp³-hybridized carbons (Fsp3) is 0.200. The van der Waals surface area contributed by atoms with Gasteiger partial charge in [0.25, 0.3) is 0 Å². The van der Waals surface area contributed by atoms with Gasteiger partial charge in [-0.25, -0.2) is 0 Å². The van der Waals surface area contributed by atoms with E-state index in [-0.39, 0.29) is 25.8 Å². The molecule has 0 saturated carbocycles. The van der Waals surface area contributed by atoms with Crippen LogP contribution in [0.2, 0.25) is 0 Å². The summed E-state index contributed by atoms with van der Waals surface area (Å²) in [7, 11) is 0. The van der Waals surface area contributed by atoms with E-state index in [2.05, 4.69) is 36.5 Å². The first-order valence-corrected chi connectivity index (χ1v) is 3.68. The summed E-state index contributed by atoms with van der Waals surface area (Å²) in [5.74, 6) is 0. The molecule has 0 amide bonds. The van der Waals surface area contributed by atoms with Gasteiger partial charge in [0, 0.05) is 0 Å². The van der Waals surface area contributed by atoms with Crippen molar-refractivity contribution in [1.82, 2.24) is 0 Å². The van der Waals surface area contributed by atoms with Gasteiger partial charge in [-0.1, -0.05) is 36.5 Å². The number of hydrogen-bond donors (Lipinski definition) is 0. The second-order valence-corrected chi connectivity index (χ2v) is 2.65. The van der Waals surface area contributed by atoms with Gasteiger partial charge in [0.2, 0.25) is 0 Å². The van der Waals surface area contributed by atoms with Crippen LogP contribution < -0.4 is 0 Å². The predicted molar refractivity (Wildman–Crippen MR) is 53.6 cm³/mol. The van der Waals surface area contributed by atoms with Crippen LogP contribution in [0.15, 0.2) is 47.6 Å². The molecule has 0 unspecified atom stereocenters. The van der Waals surface area contributed by atoms with Crippen LogP contribution in [0, 0.1) is 0 Å². The minimum atomic E-state index is 0. The van der Waals surface area contributed by atoms with Gasteiger partial charge in [-0.15, -0.1) is 0 Å². The van der Waals surface area contributed by atoms with Crippen LogP contribution in [-0.2, 0) is 0 Å². The summed E-state index contributed by atoms with van der Waals surface area (Å²) >= 11 is 0. The summed E-state index contributed by atoms with van der Waals surface area (Å²) in [6.45, 7) is 0. The van der Waals surface area contributed by atoms with Crippen molar-refractivity contribution in [1.29, 1.82) is 0 Å². The fourth-order valence-electron chi connectivity index (χ4n) is 1.37. The Bertz CT molecular complexity index is 226. The molecule has 0 aromatic rings. The first-order valence-electron chi connectivity index (χ1n) is 3.68. The van der Waals surface area contributed by atoms with Crippen molar-refractivity contribution in [3.8, 4) is 0 Å². The van der Waals surface area contributed by atoms with Crippen molar-refractivity contribution in [2.45, 2.75) is 12.8 Å². The van der Waals surface area contributed by atoms with E-state index >= 15 is 0 Å². The molecule has 0 bridgehead atoms. The topological polar surface area (TPSA) is 0 Å². The normalized spacial score (nSPS) is 19.6. The molecule has 0 saturated heterocycles. The van der Waals surface area contributed by atoms with Crippen molar-refractivity contribution >= 4 is 25.8 Å². The Morgan fingerprint density at radius 1 is 0.818 bits per heavy atom. The molecule has 1 heteroatoms. The van der Waals surface area contributed by atoms with E-state index in [9.17, 15) is 0 Å². The third-order valence-corrected chi connectivity index (χ3v) is 1.95. The summed E-state index contributed by atoms with van der Waals surface area (Å²) < 4.78 is 0. The van der Waals surface area contributed by atoms with Crippen molar-refractivity contribution in [2.75, 3.05) is 0 Å². The summed E-state index contributed by atoms with van der Waals surface area (Å²) in [5.41, 5.74) is 2.98. The van der Waals surface area contributed by atoms with Gasteiger partial charge < -0.3 is 0 Å². The van der Waals surface area contributed by atoms with Crippen molar-refractivity contribution in [2.24, 2.45) is 0 Å². The monoisotopic (exact) mass is 248 g/mol. The van der Waals surface area contributed by atoms with Crippen LogP contribution in [0.1, 0.15) is 12.8 Å². The molecule has 0 aromatic heterocycles. The molecule has 2 aliphatic rings.